The number of rotatable bonds is 4. The van der Waals surface area contributed by atoms with Gasteiger partial charge >= 0.3 is 5.97 Å². The lowest BCUT2D eigenvalue weighted by Crippen LogP contribution is -2.00. The SMILES string of the molecule is O=C(O)c1ccc(Nc2cc(Br)ccc2[N+](=O)[O-])c(Cl)c1. The second kappa shape index (κ2) is 6.11. The Morgan fingerprint density at radius 2 is 1.95 bits per heavy atom. The van der Waals surface area contributed by atoms with Gasteiger partial charge in [0.15, 0.2) is 0 Å². The van der Waals surface area contributed by atoms with Crippen LogP contribution in [-0.4, -0.2) is 16.0 Å². The predicted octanol–water partition coefficient (Wildman–Crippen LogP) is 4.45. The molecule has 2 aromatic carbocycles. The quantitative estimate of drug-likeness (QED) is 0.612. The Labute approximate surface area is 132 Å². The third-order valence-corrected chi connectivity index (χ3v) is 3.45. The van der Waals surface area contributed by atoms with E-state index in [-0.39, 0.29) is 22.0 Å². The molecule has 0 saturated heterocycles. The number of anilines is 2. The van der Waals surface area contributed by atoms with Gasteiger partial charge in [-0.1, -0.05) is 27.5 Å². The van der Waals surface area contributed by atoms with E-state index in [0.717, 1.165) is 0 Å². The molecule has 0 aliphatic carbocycles. The fourth-order valence-electron chi connectivity index (χ4n) is 1.66. The smallest absolute Gasteiger partial charge is 0.335 e. The number of hydrogen-bond acceptors (Lipinski definition) is 4. The van der Waals surface area contributed by atoms with E-state index in [1.165, 1.54) is 24.3 Å². The van der Waals surface area contributed by atoms with E-state index in [9.17, 15) is 14.9 Å². The van der Waals surface area contributed by atoms with Crippen molar-refractivity contribution in [3.8, 4) is 0 Å². The van der Waals surface area contributed by atoms with Gasteiger partial charge in [-0.05, 0) is 30.3 Å². The zero-order valence-corrected chi connectivity index (χ0v) is 12.7. The summed E-state index contributed by atoms with van der Waals surface area (Å²) in [7, 11) is 0. The van der Waals surface area contributed by atoms with Crippen molar-refractivity contribution in [2.24, 2.45) is 0 Å². The Balaban J connectivity index is 2.40. The van der Waals surface area contributed by atoms with Crippen molar-refractivity contribution in [1.29, 1.82) is 0 Å². The van der Waals surface area contributed by atoms with E-state index in [2.05, 4.69) is 21.2 Å². The Kier molecular flexibility index (Phi) is 4.44. The number of carboxylic acid groups (broad SMARTS) is 1. The van der Waals surface area contributed by atoms with E-state index in [0.29, 0.717) is 10.2 Å². The first-order chi connectivity index (χ1) is 9.88. The molecule has 0 heterocycles. The maximum atomic E-state index is 11.0. The van der Waals surface area contributed by atoms with E-state index < -0.39 is 10.9 Å². The molecule has 0 aromatic heterocycles. The van der Waals surface area contributed by atoms with Gasteiger partial charge in [0, 0.05) is 10.5 Å². The summed E-state index contributed by atoms with van der Waals surface area (Å²) in [6, 6.07) is 8.54. The highest BCUT2D eigenvalue weighted by molar-refractivity contribution is 9.10. The Bertz CT molecular complexity index is 736. The minimum absolute atomic E-state index is 0.0364. The lowest BCUT2D eigenvalue weighted by Gasteiger charge is -2.10. The second-order valence-corrected chi connectivity index (χ2v) is 5.37. The van der Waals surface area contributed by atoms with Crippen LogP contribution in [0.3, 0.4) is 0 Å². The summed E-state index contributed by atoms with van der Waals surface area (Å²) in [5.74, 6) is -1.10. The van der Waals surface area contributed by atoms with Crippen LogP contribution in [0.1, 0.15) is 10.4 Å². The average Bonchev–Trinajstić information content (AvgIpc) is 2.40. The molecule has 0 aliphatic heterocycles. The topological polar surface area (TPSA) is 92.5 Å². The molecule has 0 unspecified atom stereocenters. The first-order valence-electron chi connectivity index (χ1n) is 5.62. The average molecular weight is 372 g/mol. The number of nitrogens with zero attached hydrogens (tertiary/aromatic N) is 1. The van der Waals surface area contributed by atoms with Crippen molar-refractivity contribution >= 4 is 50.6 Å². The minimum Gasteiger partial charge on any atom is -0.478 e. The molecule has 0 aliphatic rings. The number of nitro benzene ring substituents is 1. The summed E-state index contributed by atoms with van der Waals surface area (Å²) in [4.78, 5) is 21.3. The number of benzene rings is 2. The molecular weight excluding hydrogens is 364 g/mol. The van der Waals surface area contributed by atoms with Gasteiger partial charge in [0.1, 0.15) is 5.69 Å². The maximum absolute atomic E-state index is 11.0. The molecule has 0 bridgehead atoms. The molecule has 21 heavy (non-hydrogen) atoms. The molecule has 2 N–H and O–H groups in total. The molecule has 0 fully saturated rings. The third kappa shape index (κ3) is 3.50. The zero-order valence-electron chi connectivity index (χ0n) is 10.3. The number of aromatic carboxylic acids is 1. The number of carbonyl (C=O) groups is 1. The summed E-state index contributed by atoms with van der Waals surface area (Å²) in [6.45, 7) is 0. The van der Waals surface area contributed by atoms with Crippen LogP contribution in [0.25, 0.3) is 0 Å². The Morgan fingerprint density at radius 3 is 2.52 bits per heavy atom. The lowest BCUT2D eigenvalue weighted by molar-refractivity contribution is -0.383. The van der Waals surface area contributed by atoms with Gasteiger partial charge < -0.3 is 10.4 Å². The standard InChI is InChI=1S/C13H8BrClN2O4/c14-8-2-4-12(17(20)21)11(6-8)16-10-3-1-7(13(18)19)5-9(10)15/h1-6,16H,(H,18,19). The highest BCUT2D eigenvalue weighted by Crippen LogP contribution is 2.33. The van der Waals surface area contributed by atoms with Crippen LogP contribution in [0, 0.1) is 10.1 Å². The van der Waals surface area contributed by atoms with Crippen LogP contribution < -0.4 is 5.32 Å². The fourth-order valence-corrected chi connectivity index (χ4v) is 2.25. The van der Waals surface area contributed by atoms with Gasteiger partial charge in [-0.15, -0.1) is 0 Å². The van der Waals surface area contributed by atoms with Crippen molar-refractivity contribution < 1.29 is 14.8 Å². The van der Waals surface area contributed by atoms with Crippen molar-refractivity contribution in [1.82, 2.24) is 0 Å². The normalized spacial score (nSPS) is 10.2. The van der Waals surface area contributed by atoms with E-state index in [1.807, 2.05) is 0 Å². The molecule has 0 saturated carbocycles. The number of carboxylic acids is 1. The highest BCUT2D eigenvalue weighted by atomic mass is 79.9. The van der Waals surface area contributed by atoms with Crippen molar-refractivity contribution in [3.63, 3.8) is 0 Å². The predicted molar refractivity (Wildman–Crippen MR) is 82.5 cm³/mol. The largest absolute Gasteiger partial charge is 0.478 e. The molecule has 8 heteroatoms. The van der Waals surface area contributed by atoms with E-state index in [4.69, 9.17) is 16.7 Å². The lowest BCUT2D eigenvalue weighted by atomic mass is 10.2. The molecule has 0 radical (unpaired) electrons. The monoisotopic (exact) mass is 370 g/mol. The van der Waals surface area contributed by atoms with Crippen LogP contribution in [-0.2, 0) is 0 Å². The molecule has 0 amide bonds. The van der Waals surface area contributed by atoms with Gasteiger partial charge in [0.2, 0.25) is 0 Å². The van der Waals surface area contributed by atoms with E-state index >= 15 is 0 Å². The zero-order chi connectivity index (χ0) is 15.6. The van der Waals surface area contributed by atoms with Gasteiger partial charge in [-0.3, -0.25) is 10.1 Å². The molecule has 0 atom stereocenters. The molecular formula is C13H8BrClN2O4. The second-order valence-electron chi connectivity index (χ2n) is 4.04. The molecule has 108 valence electrons. The molecule has 2 aromatic rings. The number of nitrogens with one attached hydrogen (secondary N) is 1. The van der Waals surface area contributed by atoms with Crippen LogP contribution in [0.15, 0.2) is 40.9 Å². The summed E-state index contributed by atoms with van der Waals surface area (Å²) >= 11 is 9.22. The van der Waals surface area contributed by atoms with Crippen LogP contribution in [0.5, 0.6) is 0 Å². The van der Waals surface area contributed by atoms with Gasteiger partial charge in [0.25, 0.3) is 5.69 Å². The van der Waals surface area contributed by atoms with Crippen molar-refractivity contribution in [2.45, 2.75) is 0 Å². The van der Waals surface area contributed by atoms with Crippen molar-refractivity contribution in [3.05, 3.63) is 61.6 Å². The summed E-state index contributed by atoms with van der Waals surface area (Å²) in [5.41, 5.74) is 0.549. The van der Waals surface area contributed by atoms with Gasteiger partial charge in [-0.2, -0.15) is 0 Å². The number of halogens is 2. The van der Waals surface area contributed by atoms with E-state index in [1.54, 1.807) is 12.1 Å². The first-order valence-corrected chi connectivity index (χ1v) is 6.79. The van der Waals surface area contributed by atoms with Crippen LogP contribution >= 0.6 is 27.5 Å². The molecule has 6 nitrogen and oxygen atoms in total. The number of hydrogen-bond donors (Lipinski definition) is 2. The summed E-state index contributed by atoms with van der Waals surface area (Å²) < 4.78 is 0.661. The Hall–Kier alpha value is -2.12. The van der Waals surface area contributed by atoms with Crippen LogP contribution in [0.4, 0.5) is 17.1 Å². The summed E-state index contributed by atoms with van der Waals surface area (Å²) in [5, 5.41) is 22.8. The van der Waals surface area contributed by atoms with Gasteiger partial charge in [0.05, 0.1) is 21.2 Å². The number of nitro groups is 1. The molecule has 0 spiro atoms. The molecule has 2 rings (SSSR count). The minimum atomic E-state index is -1.10. The highest BCUT2D eigenvalue weighted by Gasteiger charge is 2.15. The summed E-state index contributed by atoms with van der Waals surface area (Å²) in [6.07, 6.45) is 0. The van der Waals surface area contributed by atoms with Crippen LogP contribution in [0.2, 0.25) is 5.02 Å². The first kappa shape index (κ1) is 15.3. The maximum Gasteiger partial charge on any atom is 0.335 e. The third-order valence-electron chi connectivity index (χ3n) is 2.64. The van der Waals surface area contributed by atoms with Crippen molar-refractivity contribution in [2.75, 3.05) is 5.32 Å². The van der Waals surface area contributed by atoms with Gasteiger partial charge in [-0.25, -0.2) is 4.79 Å². The Morgan fingerprint density at radius 1 is 1.24 bits per heavy atom. The fraction of sp³-hybridized carbons (Fsp3) is 0.